The average Bonchev–Trinajstić information content (AvgIpc) is 0.706. The van der Waals surface area contributed by atoms with Crippen molar-refractivity contribution in [3.63, 3.8) is 0 Å². The van der Waals surface area contributed by atoms with Gasteiger partial charge in [-0.25, -0.2) is 0 Å². The second kappa shape index (κ2) is 35.1. The van der Waals surface area contributed by atoms with E-state index in [-0.39, 0.29) is 23.5 Å². The summed E-state index contributed by atoms with van der Waals surface area (Å²) < 4.78 is 21.6. The van der Waals surface area contributed by atoms with Crippen molar-refractivity contribution >= 4 is 135 Å². The number of anilines is 1. The van der Waals surface area contributed by atoms with Crippen molar-refractivity contribution in [2.24, 2.45) is 0 Å². The molecule has 0 radical (unpaired) electrons. The number of ether oxygens (including phenoxy) is 3. The lowest BCUT2D eigenvalue weighted by atomic mass is 9.76. The summed E-state index contributed by atoms with van der Waals surface area (Å²) in [6.45, 7) is 0. The van der Waals surface area contributed by atoms with Crippen LogP contribution in [-0.2, 0) is 0 Å². The molecule has 0 unspecified atom stereocenters. The number of hydrogen-bond acceptors (Lipinski definition) is 5. The molecule has 0 amide bonds. The fraction of sp³-hybridized carbons (Fsp3) is 0.0213. The zero-order chi connectivity index (χ0) is 96.6. The smallest absolute Gasteiger partial charge is 0.140 e. The van der Waals surface area contributed by atoms with Gasteiger partial charge < -0.3 is 25.1 Å². The topological polar surface area (TPSA) is 73.9 Å². The molecule has 146 heavy (non-hydrogen) atoms. The van der Waals surface area contributed by atoms with Crippen LogP contribution >= 0.6 is 0 Å². The van der Waals surface area contributed by atoms with Crippen molar-refractivity contribution in [1.82, 2.24) is 0 Å². The van der Waals surface area contributed by atoms with Gasteiger partial charge in [0.25, 0.3) is 0 Å². The Morgan fingerprint density at radius 1 is 0.137 bits per heavy atom. The van der Waals surface area contributed by atoms with E-state index in [1.54, 1.807) is 12.1 Å². The predicted molar refractivity (Wildman–Crippen MR) is 610 cm³/mol. The van der Waals surface area contributed by atoms with Crippen molar-refractivity contribution < 1.29 is 19.3 Å². The molecule has 3 aliphatic heterocycles. The van der Waals surface area contributed by atoms with Crippen LogP contribution in [0.5, 0.6) is 40.2 Å². The van der Waals surface area contributed by atoms with Gasteiger partial charge in [-0.15, -0.1) is 0 Å². The summed E-state index contributed by atoms with van der Waals surface area (Å²) in [5.41, 5.74) is 31.9. The first-order valence-electron chi connectivity index (χ1n) is 50.3. The van der Waals surface area contributed by atoms with E-state index in [0.29, 0.717) is 0 Å². The number of rotatable bonds is 9. The normalized spacial score (nSPS) is 12.7. The van der Waals surface area contributed by atoms with Crippen LogP contribution in [0.2, 0.25) is 0 Å². The van der Waals surface area contributed by atoms with Crippen molar-refractivity contribution in [3.8, 4) is 107 Å². The molecule has 0 bridgehead atoms. The van der Waals surface area contributed by atoms with Crippen LogP contribution in [0.25, 0.3) is 196 Å². The lowest BCUT2D eigenvalue weighted by Crippen LogP contribution is -2.14. The second-order valence-corrected chi connectivity index (χ2v) is 38.7. The minimum atomic E-state index is -0.0475. The van der Waals surface area contributed by atoms with Crippen molar-refractivity contribution in [2.45, 2.75) is 17.8 Å². The van der Waals surface area contributed by atoms with Gasteiger partial charge in [0.2, 0.25) is 0 Å². The van der Waals surface area contributed by atoms with Crippen molar-refractivity contribution in [3.05, 3.63) is 566 Å². The van der Waals surface area contributed by atoms with Crippen LogP contribution < -0.4 is 19.9 Å². The lowest BCUT2D eigenvalue weighted by Gasteiger charge is -2.33. The van der Waals surface area contributed by atoms with Crippen LogP contribution in [0.4, 0.5) is 5.69 Å². The van der Waals surface area contributed by atoms with E-state index >= 15 is 0 Å². The van der Waals surface area contributed by atoms with Gasteiger partial charge >= 0.3 is 0 Å². The summed E-state index contributed by atoms with van der Waals surface area (Å²) >= 11 is 0. The summed E-state index contributed by atoms with van der Waals surface area (Å²) in [5, 5.41) is 38.7. The number of hydrogen-bond donors (Lipinski definition) is 2. The SMILES string of the molecule is Nc1ccc(-c2ccc(-c3ccc(C4c5c(c6ccccc6c6ccccc56)Oc5c4c4ccccc4c4ccccc54)cc3)cc2)cc1.Oc1ccc(-c2ccc(-c3ccc(C4c5c(c6ccccc6c6ccccc56)Oc5c4c4ccccc4c4ccccc54)cc3)cc2)cc1.c1ccc(-c2ccccc2-c2ccc(C3c4c(c5ccccc5c5ccccc45)Oc4c3c3ccccc3c3ccccc43)cc2)cc1. The highest BCUT2D eigenvalue weighted by Gasteiger charge is 2.40. The number of fused-ring (bicyclic) bond motifs is 36. The third kappa shape index (κ3) is 14.1. The van der Waals surface area contributed by atoms with Crippen molar-refractivity contribution in [1.29, 1.82) is 0 Å². The zero-order valence-electron chi connectivity index (χ0n) is 79.6. The molecule has 5 heteroatoms. The Hall–Kier alpha value is -18.9. The van der Waals surface area contributed by atoms with Crippen LogP contribution in [-0.4, -0.2) is 5.11 Å². The number of benzene rings is 27. The maximum atomic E-state index is 9.71. The van der Waals surface area contributed by atoms with Crippen molar-refractivity contribution in [2.75, 3.05) is 5.73 Å². The molecule has 27 aromatic rings. The molecular weight excluding hydrogens is 1770 g/mol. The predicted octanol–water partition coefficient (Wildman–Crippen LogP) is 38.0. The lowest BCUT2D eigenvalue weighted by molar-refractivity contribution is 0.467. The summed E-state index contributed by atoms with van der Waals surface area (Å²) in [5.74, 6) is 5.87. The van der Waals surface area contributed by atoms with Gasteiger partial charge in [0.05, 0.1) is 0 Å². The third-order valence-electron chi connectivity index (χ3n) is 30.8. The summed E-state index contributed by atoms with van der Waals surface area (Å²) in [6.07, 6.45) is 0. The molecule has 30 rings (SSSR count). The molecule has 0 fully saturated rings. The van der Waals surface area contributed by atoms with Crippen LogP contribution in [0.15, 0.2) is 516 Å². The number of nitrogens with two attached hydrogens (primary N) is 1. The second-order valence-electron chi connectivity index (χ2n) is 38.7. The first kappa shape index (κ1) is 85.1. The molecule has 3 N–H and O–H groups in total. The fourth-order valence-electron chi connectivity index (χ4n) is 24.2. The molecule has 27 aromatic carbocycles. The van der Waals surface area contributed by atoms with Gasteiger partial charge in [0.1, 0.15) is 40.2 Å². The van der Waals surface area contributed by atoms with Gasteiger partial charge in [0.15, 0.2) is 0 Å². The standard InChI is InChI=1S/C47H31NO.C47H30O2.C47H30O/c2*48-34-27-25-32(26-28-34)30-19-17-29(18-20-30)31-21-23-33(24-22-31)43-44-39-13-5-1-9-35(39)37-11-3-7-15-41(37)46(44)49-47-42-16-8-4-12-38(42)36-10-2-6-14-40(36)45(43)47;1-2-14-30(15-3-1)33-16-4-5-17-34(33)31-26-28-32(29-27-31)43-44-39-22-10-6-18-35(39)37-20-8-12-24-41(37)46(44)48-47-42-25-13-9-21-38(42)36-19-7-11-23-40(36)45(43)47/h1-28,43H,48H2;1-28,43,48H;1-29,43H. The first-order valence-corrected chi connectivity index (χ1v) is 50.3. The summed E-state index contributed by atoms with van der Waals surface area (Å²) in [7, 11) is 0. The minimum absolute atomic E-state index is 0.0359. The highest BCUT2D eigenvalue weighted by atomic mass is 16.5. The quantitative estimate of drug-likeness (QED) is 0.111. The molecule has 0 saturated heterocycles. The highest BCUT2D eigenvalue weighted by Crippen LogP contribution is 2.62. The highest BCUT2D eigenvalue weighted by molar-refractivity contribution is 6.22. The minimum Gasteiger partial charge on any atom is -0.508 e. The Labute approximate surface area is 844 Å². The maximum absolute atomic E-state index is 9.71. The number of nitrogen functional groups attached to an aromatic ring is 1. The van der Waals surface area contributed by atoms with E-state index in [1.807, 2.05) is 24.3 Å². The molecule has 5 nitrogen and oxygen atoms in total. The van der Waals surface area contributed by atoms with Crippen LogP contribution in [0.1, 0.15) is 67.8 Å². The maximum Gasteiger partial charge on any atom is 0.140 e. The Morgan fingerprint density at radius 2 is 0.288 bits per heavy atom. The van der Waals surface area contributed by atoms with E-state index in [1.165, 1.54) is 192 Å². The zero-order valence-corrected chi connectivity index (χ0v) is 79.6. The van der Waals surface area contributed by atoms with Gasteiger partial charge in [-0.3, -0.25) is 0 Å². The van der Waals surface area contributed by atoms with Gasteiger partial charge in [-0.1, -0.05) is 491 Å². The monoisotopic (exact) mass is 1860 g/mol. The summed E-state index contributed by atoms with van der Waals surface area (Å²) in [4.78, 5) is 0. The van der Waals surface area contributed by atoms with E-state index in [2.05, 4.69) is 479 Å². The molecule has 0 saturated carbocycles. The van der Waals surface area contributed by atoms with E-state index in [0.717, 1.165) is 94.8 Å². The molecule has 0 atom stereocenters. The van der Waals surface area contributed by atoms with E-state index in [4.69, 9.17) is 19.9 Å². The molecule has 0 aliphatic carbocycles. The fourth-order valence-corrected chi connectivity index (χ4v) is 24.2. The Kier molecular flexibility index (Phi) is 20.4. The number of phenolic OH excluding ortho intramolecular Hbond substituents is 1. The average molecular weight is 1860 g/mol. The van der Waals surface area contributed by atoms with Gasteiger partial charge in [-0.2, -0.15) is 0 Å². The molecular formula is C141H91NO4. The molecule has 3 aliphatic rings. The van der Waals surface area contributed by atoms with Gasteiger partial charge in [-0.05, 0) is 205 Å². The van der Waals surface area contributed by atoms with Crippen LogP contribution in [0, 0.1) is 0 Å². The van der Waals surface area contributed by atoms with Crippen LogP contribution in [0.3, 0.4) is 0 Å². The number of phenols is 1. The molecule has 684 valence electrons. The third-order valence-corrected chi connectivity index (χ3v) is 30.8. The Bertz CT molecular complexity index is 9200. The first-order chi connectivity index (χ1) is 72.3. The largest absolute Gasteiger partial charge is 0.508 e. The molecule has 3 heterocycles. The number of aromatic hydroxyl groups is 1. The Balaban J connectivity index is 0.000000106. The summed E-state index contributed by atoms with van der Waals surface area (Å²) in [6, 6.07) is 185. The van der Waals surface area contributed by atoms with Gasteiger partial charge in [0, 0.05) is 89.1 Å². The molecule has 0 aromatic heterocycles. The van der Waals surface area contributed by atoms with E-state index < -0.39 is 0 Å². The molecule has 0 spiro atoms. The van der Waals surface area contributed by atoms with E-state index in [9.17, 15) is 5.11 Å². The Morgan fingerprint density at radius 3 is 0.507 bits per heavy atom.